The van der Waals surface area contributed by atoms with Gasteiger partial charge < -0.3 is 14.6 Å². The van der Waals surface area contributed by atoms with Crippen LogP contribution < -0.4 is 9.47 Å². The van der Waals surface area contributed by atoms with Gasteiger partial charge in [-0.1, -0.05) is 23.7 Å². The molecule has 0 atom stereocenters. The van der Waals surface area contributed by atoms with Crippen LogP contribution >= 0.6 is 11.6 Å². The largest absolute Gasteiger partial charge is 0.490 e. The lowest BCUT2D eigenvalue weighted by molar-refractivity contribution is -0.132. The smallest absolute Gasteiger partial charge is 0.346 e. The van der Waals surface area contributed by atoms with Gasteiger partial charge in [-0.2, -0.15) is 5.26 Å². The van der Waals surface area contributed by atoms with E-state index in [4.69, 9.17) is 31.4 Å². The molecule has 0 amide bonds. The molecule has 0 heterocycles. The number of halogens is 1. The molecule has 1 N–H and O–H groups in total. The quantitative estimate of drug-likeness (QED) is 0.458. The van der Waals surface area contributed by atoms with Crippen molar-refractivity contribution in [3.8, 4) is 17.6 Å². The summed E-state index contributed by atoms with van der Waals surface area (Å²) in [4.78, 5) is 10.9. The van der Waals surface area contributed by atoms with E-state index in [0.29, 0.717) is 35.3 Å². The highest BCUT2D eigenvalue weighted by molar-refractivity contribution is 6.31. The Bertz CT molecular complexity index is 840. The van der Waals surface area contributed by atoms with E-state index in [0.717, 1.165) is 5.56 Å². The number of hydrogen-bond donors (Lipinski definition) is 1. The summed E-state index contributed by atoms with van der Waals surface area (Å²) in [5.41, 5.74) is 1.18. The predicted molar refractivity (Wildman–Crippen MR) is 94.8 cm³/mol. The monoisotopic (exact) mass is 357 g/mol. The first-order chi connectivity index (χ1) is 12.0. The van der Waals surface area contributed by atoms with E-state index >= 15 is 0 Å². The number of ether oxygens (including phenoxy) is 2. The Morgan fingerprint density at radius 3 is 2.48 bits per heavy atom. The summed E-state index contributed by atoms with van der Waals surface area (Å²) in [6.45, 7) is 2.57. The van der Waals surface area contributed by atoms with Crippen molar-refractivity contribution in [3.05, 3.63) is 64.2 Å². The van der Waals surface area contributed by atoms with Crippen molar-refractivity contribution >= 4 is 23.6 Å². The SMILES string of the molecule is Cc1cc(OCCOc2cccc(C=C(C#N)C(=O)O)c2)ccc1Cl. The number of carbonyl (C=O) groups is 1. The number of nitrogens with zero attached hydrogens (tertiary/aromatic N) is 1. The van der Waals surface area contributed by atoms with E-state index in [-0.39, 0.29) is 5.57 Å². The summed E-state index contributed by atoms with van der Waals surface area (Å²) in [7, 11) is 0. The highest BCUT2D eigenvalue weighted by Crippen LogP contribution is 2.21. The minimum atomic E-state index is -1.26. The first kappa shape index (κ1) is 18.4. The van der Waals surface area contributed by atoms with Gasteiger partial charge in [0.05, 0.1) is 0 Å². The number of rotatable bonds is 7. The zero-order valence-corrected chi connectivity index (χ0v) is 14.3. The summed E-state index contributed by atoms with van der Waals surface area (Å²) >= 11 is 5.96. The molecule has 25 heavy (non-hydrogen) atoms. The Hall–Kier alpha value is -2.97. The first-order valence-corrected chi connectivity index (χ1v) is 7.84. The second-order valence-electron chi connectivity index (χ2n) is 5.16. The summed E-state index contributed by atoms with van der Waals surface area (Å²) in [6.07, 6.45) is 1.29. The Labute approximate surface area is 150 Å². The molecule has 0 unspecified atom stereocenters. The number of carboxylic acid groups (broad SMARTS) is 1. The molecule has 0 aromatic heterocycles. The average Bonchev–Trinajstić information content (AvgIpc) is 2.59. The van der Waals surface area contributed by atoms with E-state index in [1.807, 2.05) is 13.0 Å². The van der Waals surface area contributed by atoms with Crippen LogP contribution in [0.15, 0.2) is 48.0 Å². The zero-order valence-electron chi connectivity index (χ0n) is 13.5. The van der Waals surface area contributed by atoms with Gasteiger partial charge in [-0.25, -0.2) is 4.79 Å². The summed E-state index contributed by atoms with van der Waals surface area (Å²) in [5.74, 6) is 0.00935. The van der Waals surface area contributed by atoms with Gasteiger partial charge in [0.15, 0.2) is 0 Å². The molecule has 2 aromatic rings. The Morgan fingerprint density at radius 1 is 1.20 bits per heavy atom. The second kappa shape index (κ2) is 8.76. The number of nitriles is 1. The predicted octanol–water partition coefficient (Wildman–Crippen LogP) is 4.10. The van der Waals surface area contributed by atoms with Gasteiger partial charge in [0.25, 0.3) is 0 Å². The van der Waals surface area contributed by atoms with Crippen molar-refractivity contribution in [2.24, 2.45) is 0 Å². The Balaban J connectivity index is 1.91. The van der Waals surface area contributed by atoms with Crippen LogP contribution in [0.5, 0.6) is 11.5 Å². The van der Waals surface area contributed by atoms with Crippen molar-refractivity contribution in [2.75, 3.05) is 13.2 Å². The Morgan fingerprint density at radius 2 is 1.88 bits per heavy atom. The molecule has 2 rings (SSSR count). The fourth-order valence-electron chi connectivity index (χ4n) is 2.03. The maximum absolute atomic E-state index is 10.9. The fourth-order valence-corrected chi connectivity index (χ4v) is 2.15. The first-order valence-electron chi connectivity index (χ1n) is 7.46. The van der Waals surface area contributed by atoms with E-state index < -0.39 is 5.97 Å². The molecule has 0 spiro atoms. The molecule has 6 heteroatoms. The molecule has 0 aliphatic rings. The lowest BCUT2D eigenvalue weighted by atomic mass is 10.1. The van der Waals surface area contributed by atoms with Crippen LogP contribution in [-0.2, 0) is 4.79 Å². The van der Waals surface area contributed by atoms with E-state index in [1.54, 1.807) is 42.5 Å². The number of benzene rings is 2. The maximum atomic E-state index is 10.9. The number of aryl methyl sites for hydroxylation is 1. The van der Waals surface area contributed by atoms with Gasteiger partial charge in [0.1, 0.15) is 36.4 Å². The van der Waals surface area contributed by atoms with Crippen LogP contribution in [0.3, 0.4) is 0 Å². The van der Waals surface area contributed by atoms with Gasteiger partial charge in [0.2, 0.25) is 0 Å². The van der Waals surface area contributed by atoms with Crippen LogP contribution in [0.25, 0.3) is 6.08 Å². The summed E-state index contributed by atoms with van der Waals surface area (Å²) in [5, 5.41) is 18.4. The van der Waals surface area contributed by atoms with Crippen LogP contribution in [0.2, 0.25) is 5.02 Å². The van der Waals surface area contributed by atoms with Crippen molar-refractivity contribution in [3.63, 3.8) is 0 Å². The third kappa shape index (κ3) is 5.55. The van der Waals surface area contributed by atoms with Gasteiger partial charge >= 0.3 is 5.97 Å². The van der Waals surface area contributed by atoms with Gasteiger partial charge in [0, 0.05) is 5.02 Å². The van der Waals surface area contributed by atoms with Crippen LogP contribution in [0.1, 0.15) is 11.1 Å². The third-order valence-corrected chi connectivity index (χ3v) is 3.69. The highest BCUT2D eigenvalue weighted by Gasteiger charge is 2.06. The van der Waals surface area contributed by atoms with Crippen LogP contribution in [0, 0.1) is 18.3 Å². The summed E-state index contributed by atoms with van der Waals surface area (Å²) < 4.78 is 11.2. The molecule has 0 saturated carbocycles. The van der Waals surface area contributed by atoms with E-state index in [2.05, 4.69) is 0 Å². The highest BCUT2D eigenvalue weighted by atomic mass is 35.5. The van der Waals surface area contributed by atoms with Gasteiger partial charge in [-0.05, 0) is 54.5 Å². The number of hydrogen-bond acceptors (Lipinski definition) is 4. The minimum absolute atomic E-state index is 0.318. The van der Waals surface area contributed by atoms with Gasteiger partial charge in [-0.3, -0.25) is 0 Å². The summed E-state index contributed by atoms with van der Waals surface area (Å²) in [6, 6.07) is 13.9. The topological polar surface area (TPSA) is 79.5 Å². The standard InChI is InChI=1S/C19H16ClNO4/c1-13-9-17(5-6-18(13)20)25-8-7-24-16-4-2-3-14(11-16)10-15(12-21)19(22)23/h2-6,9-11H,7-8H2,1H3,(H,22,23). The second-order valence-corrected chi connectivity index (χ2v) is 5.56. The molecule has 0 radical (unpaired) electrons. The third-order valence-electron chi connectivity index (χ3n) is 3.27. The molecule has 0 saturated heterocycles. The zero-order chi connectivity index (χ0) is 18.2. The molecule has 0 aliphatic heterocycles. The fraction of sp³-hybridized carbons (Fsp3) is 0.158. The molecule has 0 fully saturated rings. The molecule has 2 aromatic carbocycles. The van der Waals surface area contributed by atoms with Crippen molar-refractivity contribution in [1.82, 2.24) is 0 Å². The van der Waals surface area contributed by atoms with Crippen LogP contribution in [-0.4, -0.2) is 24.3 Å². The van der Waals surface area contributed by atoms with E-state index in [9.17, 15) is 4.79 Å². The lowest BCUT2D eigenvalue weighted by Crippen LogP contribution is -2.09. The van der Waals surface area contributed by atoms with E-state index in [1.165, 1.54) is 6.08 Å². The lowest BCUT2D eigenvalue weighted by Gasteiger charge is -2.10. The normalized spacial score (nSPS) is 10.8. The number of carboxylic acids is 1. The van der Waals surface area contributed by atoms with Gasteiger partial charge in [-0.15, -0.1) is 0 Å². The molecule has 0 aliphatic carbocycles. The van der Waals surface area contributed by atoms with Crippen molar-refractivity contribution in [2.45, 2.75) is 6.92 Å². The molecule has 5 nitrogen and oxygen atoms in total. The van der Waals surface area contributed by atoms with Crippen molar-refractivity contribution < 1.29 is 19.4 Å². The maximum Gasteiger partial charge on any atom is 0.346 e. The molecular weight excluding hydrogens is 342 g/mol. The minimum Gasteiger partial charge on any atom is -0.490 e. The molecular formula is C19H16ClNO4. The number of aliphatic carboxylic acids is 1. The Kier molecular flexibility index (Phi) is 6.44. The molecule has 0 bridgehead atoms. The molecule has 128 valence electrons. The van der Waals surface area contributed by atoms with Crippen LogP contribution in [0.4, 0.5) is 0 Å². The average molecular weight is 358 g/mol. The van der Waals surface area contributed by atoms with Crippen molar-refractivity contribution in [1.29, 1.82) is 5.26 Å².